The monoisotopic (exact) mass is 326 g/mol. The molecule has 0 saturated heterocycles. The number of anilines is 1. The van der Waals surface area contributed by atoms with Crippen molar-refractivity contribution in [3.05, 3.63) is 53.6 Å². The molecule has 24 heavy (non-hydrogen) atoms. The lowest BCUT2D eigenvalue weighted by atomic mass is 10.1. The predicted molar refractivity (Wildman–Crippen MR) is 88.8 cm³/mol. The second-order valence-electron chi connectivity index (χ2n) is 4.97. The molecule has 2 aromatic rings. The number of hydrogen-bond donors (Lipinski definition) is 1. The highest BCUT2D eigenvalue weighted by Crippen LogP contribution is 2.29. The van der Waals surface area contributed by atoms with Gasteiger partial charge < -0.3 is 19.5 Å². The van der Waals surface area contributed by atoms with Gasteiger partial charge in [-0.15, -0.1) is 0 Å². The Balaban J connectivity index is 2.33. The second kappa shape index (κ2) is 7.88. The lowest BCUT2D eigenvalue weighted by Gasteiger charge is -2.21. The summed E-state index contributed by atoms with van der Waals surface area (Å²) in [4.78, 5) is 11.5. The zero-order valence-corrected chi connectivity index (χ0v) is 13.7. The van der Waals surface area contributed by atoms with E-state index < -0.39 is 12.2 Å². The molecule has 0 aromatic heterocycles. The summed E-state index contributed by atoms with van der Waals surface area (Å²) in [6.45, 7) is 1.34. The molecule has 0 aliphatic heterocycles. The van der Waals surface area contributed by atoms with E-state index in [0.29, 0.717) is 28.3 Å². The average Bonchev–Trinajstić information content (AvgIpc) is 2.60. The number of rotatable bonds is 6. The van der Waals surface area contributed by atoms with Crippen LogP contribution in [0.15, 0.2) is 42.5 Å². The van der Waals surface area contributed by atoms with Crippen LogP contribution in [0.3, 0.4) is 0 Å². The Kier molecular flexibility index (Phi) is 5.63. The fourth-order valence-electron chi connectivity index (χ4n) is 2.12. The maximum Gasteiger partial charge on any atom is 0.304 e. The largest absolute Gasteiger partial charge is 0.497 e. The Morgan fingerprint density at radius 3 is 2.12 bits per heavy atom. The summed E-state index contributed by atoms with van der Waals surface area (Å²) < 4.78 is 15.9. The van der Waals surface area contributed by atoms with E-state index in [2.05, 4.69) is 11.4 Å². The summed E-state index contributed by atoms with van der Waals surface area (Å²) in [5.41, 5.74) is 1.93. The van der Waals surface area contributed by atoms with Crippen molar-refractivity contribution in [2.24, 2.45) is 0 Å². The van der Waals surface area contributed by atoms with E-state index in [1.165, 1.54) is 6.92 Å². The van der Waals surface area contributed by atoms with Gasteiger partial charge in [0.2, 0.25) is 0 Å². The molecule has 1 unspecified atom stereocenters. The van der Waals surface area contributed by atoms with Gasteiger partial charge in [0.05, 0.1) is 25.9 Å². The molecule has 0 fully saturated rings. The number of hydrogen-bond acceptors (Lipinski definition) is 6. The number of carbonyl (C=O) groups is 1. The van der Waals surface area contributed by atoms with Gasteiger partial charge in [-0.25, -0.2) is 0 Å². The third kappa shape index (κ3) is 4.40. The van der Waals surface area contributed by atoms with Gasteiger partial charge in [0.1, 0.15) is 11.5 Å². The summed E-state index contributed by atoms with van der Waals surface area (Å²) in [6.07, 6.45) is -0.723. The first-order chi connectivity index (χ1) is 11.5. The maximum absolute atomic E-state index is 11.5. The van der Waals surface area contributed by atoms with Crippen molar-refractivity contribution in [2.45, 2.75) is 13.2 Å². The molecule has 0 aliphatic rings. The van der Waals surface area contributed by atoms with E-state index in [9.17, 15) is 4.79 Å². The minimum atomic E-state index is -0.723. The van der Waals surface area contributed by atoms with Gasteiger partial charge in [0.25, 0.3) is 0 Å². The fourth-order valence-corrected chi connectivity index (χ4v) is 2.12. The van der Waals surface area contributed by atoms with Crippen molar-refractivity contribution in [3.63, 3.8) is 0 Å². The highest BCUT2D eigenvalue weighted by molar-refractivity contribution is 5.67. The molecule has 6 heteroatoms. The van der Waals surface area contributed by atoms with Crippen LogP contribution in [0.5, 0.6) is 11.5 Å². The molecule has 124 valence electrons. The van der Waals surface area contributed by atoms with E-state index in [-0.39, 0.29) is 0 Å². The van der Waals surface area contributed by atoms with Crippen LogP contribution in [0.4, 0.5) is 5.69 Å². The lowest BCUT2D eigenvalue weighted by Crippen LogP contribution is -2.17. The first-order valence-corrected chi connectivity index (χ1v) is 7.22. The zero-order chi connectivity index (χ0) is 17.5. The molecule has 0 spiro atoms. The quantitative estimate of drug-likeness (QED) is 0.648. The molecule has 1 atom stereocenters. The SMILES string of the molecule is COc1cc(OC)cc(C(Nc2ccc(C#N)cc2)OC(C)=O)c1. The van der Waals surface area contributed by atoms with E-state index in [1.807, 2.05) is 0 Å². The summed E-state index contributed by atoms with van der Waals surface area (Å²) >= 11 is 0. The number of ether oxygens (including phenoxy) is 3. The standard InChI is InChI=1S/C18H18N2O4/c1-12(21)24-18(20-15-6-4-13(11-19)5-7-15)14-8-16(22-2)10-17(9-14)23-3/h4-10,18,20H,1-3H3. The number of esters is 1. The van der Waals surface area contributed by atoms with E-state index in [0.717, 1.165) is 0 Å². The lowest BCUT2D eigenvalue weighted by molar-refractivity contribution is -0.145. The molecular weight excluding hydrogens is 308 g/mol. The van der Waals surface area contributed by atoms with Gasteiger partial charge in [-0.1, -0.05) is 0 Å². The Hall–Kier alpha value is -3.20. The third-order valence-corrected chi connectivity index (χ3v) is 3.27. The van der Waals surface area contributed by atoms with Gasteiger partial charge in [0.15, 0.2) is 6.23 Å². The van der Waals surface area contributed by atoms with Crippen LogP contribution >= 0.6 is 0 Å². The number of benzene rings is 2. The molecule has 6 nitrogen and oxygen atoms in total. The summed E-state index contributed by atoms with van der Waals surface area (Å²) in [5.74, 6) is 0.745. The third-order valence-electron chi connectivity index (χ3n) is 3.27. The summed E-state index contributed by atoms with van der Waals surface area (Å²) in [5, 5.41) is 12.0. The number of nitrogens with one attached hydrogen (secondary N) is 1. The van der Waals surface area contributed by atoms with E-state index >= 15 is 0 Å². The smallest absolute Gasteiger partial charge is 0.304 e. The predicted octanol–water partition coefficient (Wildman–Crippen LogP) is 3.25. The van der Waals surface area contributed by atoms with Crippen LogP contribution < -0.4 is 14.8 Å². The van der Waals surface area contributed by atoms with Crippen molar-refractivity contribution in [1.29, 1.82) is 5.26 Å². The van der Waals surface area contributed by atoms with Crippen LogP contribution in [0, 0.1) is 11.3 Å². The minimum absolute atomic E-state index is 0.428. The molecule has 0 bridgehead atoms. The molecule has 0 heterocycles. The Morgan fingerprint density at radius 1 is 1.08 bits per heavy atom. The molecular formula is C18H18N2O4. The molecule has 0 amide bonds. The Bertz CT molecular complexity index is 728. The van der Waals surface area contributed by atoms with Gasteiger partial charge in [-0.2, -0.15) is 5.26 Å². The highest BCUT2D eigenvalue weighted by Gasteiger charge is 2.17. The molecule has 0 saturated carbocycles. The number of carbonyl (C=O) groups excluding carboxylic acids is 1. The summed E-state index contributed by atoms with van der Waals surface area (Å²) in [7, 11) is 3.10. The van der Waals surface area contributed by atoms with Crippen molar-refractivity contribution in [1.82, 2.24) is 0 Å². The molecule has 2 rings (SSSR count). The van der Waals surface area contributed by atoms with Crippen LogP contribution in [0.2, 0.25) is 0 Å². The fraction of sp³-hybridized carbons (Fsp3) is 0.222. The van der Waals surface area contributed by atoms with Crippen LogP contribution in [0.1, 0.15) is 24.3 Å². The number of nitrogens with zero attached hydrogens (tertiary/aromatic N) is 1. The zero-order valence-electron chi connectivity index (χ0n) is 13.7. The molecule has 0 radical (unpaired) electrons. The molecule has 2 aromatic carbocycles. The minimum Gasteiger partial charge on any atom is -0.497 e. The first-order valence-electron chi connectivity index (χ1n) is 7.22. The Morgan fingerprint density at radius 2 is 1.67 bits per heavy atom. The number of nitriles is 1. The first kappa shape index (κ1) is 17.2. The average molecular weight is 326 g/mol. The summed E-state index contributed by atoms with van der Waals surface area (Å²) in [6, 6.07) is 14.1. The van der Waals surface area contributed by atoms with Crippen LogP contribution in [0.25, 0.3) is 0 Å². The normalized spacial score (nSPS) is 11.1. The van der Waals surface area contributed by atoms with Gasteiger partial charge in [-0.05, 0) is 36.4 Å². The van der Waals surface area contributed by atoms with Crippen LogP contribution in [-0.2, 0) is 9.53 Å². The van der Waals surface area contributed by atoms with Crippen LogP contribution in [-0.4, -0.2) is 20.2 Å². The van der Waals surface area contributed by atoms with Gasteiger partial charge in [0, 0.05) is 24.2 Å². The van der Waals surface area contributed by atoms with E-state index in [1.54, 1.807) is 56.7 Å². The van der Waals surface area contributed by atoms with Crippen molar-refractivity contribution in [2.75, 3.05) is 19.5 Å². The topological polar surface area (TPSA) is 80.6 Å². The van der Waals surface area contributed by atoms with Crippen molar-refractivity contribution >= 4 is 11.7 Å². The molecule has 1 N–H and O–H groups in total. The van der Waals surface area contributed by atoms with Crippen molar-refractivity contribution in [3.8, 4) is 17.6 Å². The Labute approximate surface area is 140 Å². The van der Waals surface area contributed by atoms with E-state index in [4.69, 9.17) is 19.5 Å². The maximum atomic E-state index is 11.5. The highest BCUT2D eigenvalue weighted by atomic mass is 16.6. The molecule has 0 aliphatic carbocycles. The number of methoxy groups -OCH3 is 2. The van der Waals surface area contributed by atoms with Gasteiger partial charge in [-0.3, -0.25) is 4.79 Å². The van der Waals surface area contributed by atoms with Gasteiger partial charge >= 0.3 is 5.97 Å². The van der Waals surface area contributed by atoms with Crippen molar-refractivity contribution < 1.29 is 19.0 Å². The second-order valence-corrected chi connectivity index (χ2v) is 4.97.